The van der Waals surface area contributed by atoms with Crippen molar-refractivity contribution in [1.29, 1.82) is 0 Å². The van der Waals surface area contributed by atoms with Crippen molar-refractivity contribution < 1.29 is 0 Å². The van der Waals surface area contributed by atoms with Crippen molar-refractivity contribution in [3.05, 3.63) is 34.3 Å². The largest absolute Gasteiger partial charge is 0.330 e. The molecule has 3 unspecified atom stereocenters. The third-order valence-corrected chi connectivity index (χ3v) is 4.98. The zero-order valence-electron chi connectivity index (χ0n) is 9.25. The lowest BCUT2D eigenvalue weighted by molar-refractivity contribution is 0.339. The maximum Gasteiger partial charge on any atom is 0.0255 e. The smallest absolute Gasteiger partial charge is 0.0255 e. The number of halogens is 1. The number of hydrogen-bond donors (Lipinski definition) is 2. The highest BCUT2D eigenvalue weighted by molar-refractivity contribution is 9.10. The molecule has 1 aromatic carbocycles. The predicted octanol–water partition coefficient (Wildman–Crippen LogP) is 2.17. The second kappa shape index (κ2) is 3.83. The number of nitrogens with one attached hydrogen (secondary N) is 1. The van der Waals surface area contributed by atoms with Crippen molar-refractivity contribution in [3.63, 3.8) is 0 Å². The molecule has 0 aliphatic carbocycles. The normalized spacial score (nSPS) is 36.9. The summed E-state index contributed by atoms with van der Waals surface area (Å²) in [7, 11) is 0. The van der Waals surface area contributed by atoms with Gasteiger partial charge in [0.1, 0.15) is 0 Å². The Balaban J connectivity index is 2.06. The van der Waals surface area contributed by atoms with Crippen LogP contribution in [0.1, 0.15) is 24.8 Å². The molecule has 2 saturated heterocycles. The van der Waals surface area contributed by atoms with Gasteiger partial charge in [-0.15, -0.1) is 0 Å². The number of fused-ring (bicyclic) bond motifs is 2. The summed E-state index contributed by atoms with van der Waals surface area (Å²) >= 11 is 3.67. The van der Waals surface area contributed by atoms with E-state index < -0.39 is 0 Å². The summed E-state index contributed by atoms with van der Waals surface area (Å²) in [5, 5.41) is 3.69. The van der Waals surface area contributed by atoms with E-state index in [0.717, 1.165) is 6.54 Å². The predicted molar refractivity (Wildman–Crippen MR) is 69.4 cm³/mol. The van der Waals surface area contributed by atoms with Crippen LogP contribution in [-0.4, -0.2) is 18.6 Å². The highest BCUT2D eigenvalue weighted by Crippen LogP contribution is 2.46. The standard InChI is InChI=1S/C13H17BrN2/c14-11-4-2-1-3-10(11)13(8-15)7-9-5-6-12(13)16-9/h1-4,9,12,16H,5-8,15H2. The molecule has 2 fully saturated rings. The Bertz CT molecular complexity index is 407. The minimum atomic E-state index is 0.156. The van der Waals surface area contributed by atoms with Gasteiger partial charge in [0.25, 0.3) is 0 Å². The first-order valence-corrected chi connectivity index (χ1v) is 6.77. The first-order chi connectivity index (χ1) is 7.76. The van der Waals surface area contributed by atoms with Gasteiger partial charge in [0, 0.05) is 28.5 Å². The fourth-order valence-electron chi connectivity index (χ4n) is 3.50. The van der Waals surface area contributed by atoms with Crippen LogP contribution in [0.3, 0.4) is 0 Å². The molecule has 0 radical (unpaired) electrons. The molecular weight excluding hydrogens is 264 g/mol. The number of nitrogens with two attached hydrogens (primary N) is 1. The van der Waals surface area contributed by atoms with Crippen molar-refractivity contribution in [2.24, 2.45) is 5.73 Å². The van der Waals surface area contributed by atoms with E-state index in [1.54, 1.807) is 0 Å². The molecule has 2 nitrogen and oxygen atoms in total. The van der Waals surface area contributed by atoms with Crippen molar-refractivity contribution >= 4 is 15.9 Å². The SMILES string of the molecule is NCC1(c2ccccc2Br)CC2CCC1N2. The lowest BCUT2D eigenvalue weighted by Crippen LogP contribution is -2.45. The molecule has 16 heavy (non-hydrogen) atoms. The van der Waals surface area contributed by atoms with E-state index in [4.69, 9.17) is 5.73 Å². The molecule has 2 aliphatic rings. The Morgan fingerprint density at radius 3 is 2.75 bits per heavy atom. The quantitative estimate of drug-likeness (QED) is 0.872. The molecule has 86 valence electrons. The fraction of sp³-hybridized carbons (Fsp3) is 0.538. The van der Waals surface area contributed by atoms with Gasteiger partial charge >= 0.3 is 0 Å². The van der Waals surface area contributed by atoms with Crippen molar-refractivity contribution in [2.45, 2.75) is 36.8 Å². The molecule has 2 bridgehead atoms. The first kappa shape index (κ1) is 10.8. The Morgan fingerprint density at radius 2 is 2.19 bits per heavy atom. The maximum absolute atomic E-state index is 6.10. The van der Waals surface area contributed by atoms with Gasteiger partial charge in [-0.3, -0.25) is 0 Å². The van der Waals surface area contributed by atoms with Crippen LogP contribution >= 0.6 is 15.9 Å². The molecule has 0 amide bonds. The number of benzene rings is 1. The minimum Gasteiger partial charge on any atom is -0.330 e. The summed E-state index contributed by atoms with van der Waals surface area (Å²) < 4.78 is 1.20. The van der Waals surface area contributed by atoms with Crippen LogP contribution < -0.4 is 11.1 Å². The van der Waals surface area contributed by atoms with E-state index >= 15 is 0 Å². The molecule has 0 spiro atoms. The van der Waals surface area contributed by atoms with Gasteiger partial charge in [0.2, 0.25) is 0 Å². The van der Waals surface area contributed by atoms with E-state index in [2.05, 4.69) is 45.5 Å². The number of rotatable bonds is 2. The summed E-state index contributed by atoms with van der Waals surface area (Å²) in [5.74, 6) is 0. The second-order valence-corrected chi connectivity index (χ2v) is 5.89. The van der Waals surface area contributed by atoms with Crippen LogP contribution in [0.2, 0.25) is 0 Å². The van der Waals surface area contributed by atoms with Gasteiger partial charge in [-0.2, -0.15) is 0 Å². The highest BCUT2D eigenvalue weighted by Gasteiger charge is 2.51. The summed E-state index contributed by atoms with van der Waals surface area (Å²) in [4.78, 5) is 0. The van der Waals surface area contributed by atoms with Gasteiger partial charge in [0.05, 0.1) is 0 Å². The van der Waals surface area contributed by atoms with Crippen LogP contribution in [0.25, 0.3) is 0 Å². The third kappa shape index (κ3) is 1.38. The fourth-order valence-corrected chi connectivity index (χ4v) is 4.18. The van der Waals surface area contributed by atoms with Crippen LogP contribution in [0.5, 0.6) is 0 Å². The van der Waals surface area contributed by atoms with Gasteiger partial charge in [-0.1, -0.05) is 34.1 Å². The molecule has 3 rings (SSSR count). The Hall–Kier alpha value is -0.380. The van der Waals surface area contributed by atoms with Gasteiger partial charge < -0.3 is 11.1 Å². The summed E-state index contributed by atoms with van der Waals surface area (Å²) in [5.41, 5.74) is 7.64. The Labute approximate surface area is 105 Å². The average molecular weight is 281 g/mol. The van der Waals surface area contributed by atoms with Crippen LogP contribution in [0.15, 0.2) is 28.7 Å². The Morgan fingerprint density at radius 1 is 1.38 bits per heavy atom. The summed E-state index contributed by atoms with van der Waals surface area (Å²) in [6.07, 6.45) is 3.77. The molecule has 0 aromatic heterocycles. The lowest BCUT2D eigenvalue weighted by Gasteiger charge is -2.36. The van der Waals surface area contributed by atoms with Crippen LogP contribution in [-0.2, 0) is 5.41 Å². The van der Waals surface area contributed by atoms with E-state index in [0.29, 0.717) is 12.1 Å². The zero-order valence-corrected chi connectivity index (χ0v) is 10.8. The van der Waals surface area contributed by atoms with Crippen molar-refractivity contribution in [2.75, 3.05) is 6.54 Å². The zero-order chi connectivity index (χ0) is 11.2. The van der Waals surface area contributed by atoms with Gasteiger partial charge in [-0.05, 0) is 30.9 Å². The van der Waals surface area contributed by atoms with Gasteiger partial charge in [-0.25, -0.2) is 0 Å². The molecule has 1 aromatic rings. The molecule has 0 saturated carbocycles. The van der Waals surface area contributed by atoms with Crippen LogP contribution in [0.4, 0.5) is 0 Å². The molecule has 2 aliphatic heterocycles. The topological polar surface area (TPSA) is 38.0 Å². The van der Waals surface area contributed by atoms with Crippen molar-refractivity contribution in [1.82, 2.24) is 5.32 Å². The first-order valence-electron chi connectivity index (χ1n) is 5.97. The minimum absolute atomic E-state index is 0.156. The van der Waals surface area contributed by atoms with Gasteiger partial charge in [0.15, 0.2) is 0 Å². The second-order valence-electron chi connectivity index (χ2n) is 5.04. The average Bonchev–Trinajstić information content (AvgIpc) is 2.90. The maximum atomic E-state index is 6.10. The van der Waals surface area contributed by atoms with E-state index in [-0.39, 0.29) is 5.41 Å². The molecular formula is C13H17BrN2. The molecule has 3 heteroatoms. The molecule has 3 atom stereocenters. The lowest BCUT2D eigenvalue weighted by atomic mass is 9.69. The van der Waals surface area contributed by atoms with E-state index in [1.165, 1.54) is 29.3 Å². The molecule has 3 N–H and O–H groups in total. The monoisotopic (exact) mass is 280 g/mol. The summed E-state index contributed by atoms with van der Waals surface area (Å²) in [6, 6.07) is 9.78. The Kier molecular flexibility index (Phi) is 2.57. The highest BCUT2D eigenvalue weighted by atomic mass is 79.9. The summed E-state index contributed by atoms with van der Waals surface area (Å²) in [6.45, 7) is 0.740. The van der Waals surface area contributed by atoms with Crippen LogP contribution in [0, 0.1) is 0 Å². The van der Waals surface area contributed by atoms with E-state index in [9.17, 15) is 0 Å². The van der Waals surface area contributed by atoms with Crippen molar-refractivity contribution in [3.8, 4) is 0 Å². The van der Waals surface area contributed by atoms with E-state index in [1.807, 2.05) is 0 Å². The number of hydrogen-bond acceptors (Lipinski definition) is 2. The third-order valence-electron chi connectivity index (χ3n) is 4.29. The molecule has 2 heterocycles.